The van der Waals surface area contributed by atoms with Crippen LogP contribution in [0.4, 0.5) is 0 Å². The summed E-state index contributed by atoms with van der Waals surface area (Å²) in [6.07, 6.45) is 1.85. The van der Waals surface area contributed by atoms with Gasteiger partial charge in [-0.25, -0.2) is 0 Å². The number of nitriles is 1. The number of halogens is 2. The number of ether oxygens (including phenoxy) is 2. The van der Waals surface area contributed by atoms with Crippen molar-refractivity contribution in [2.75, 3.05) is 7.11 Å². The van der Waals surface area contributed by atoms with Gasteiger partial charge in [-0.2, -0.15) is 5.26 Å². The second kappa shape index (κ2) is 9.91. The molecule has 0 aliphatic heterocycles. The number of fused-ring (bicyclic) bond motifs is 1. The van der Waals surface area contributed by atoms with Crippen molar-refractivity contribution in [3.05, 3.63) is 105 Å². The summed E-state index contributed by atoms with van der Waals surface area (Å²) in [6, 6.07) is 27.7. The van der Waals surface area contributed by atoms with Gasteiger partial charge in [-0.1, -0.05) is 60.1 Å². The first-order valence-corrected chi connectivity index (χ1v) is 11.1. The van der Waals surface area contributed by atoms with E-state index in [4.69, 9.17) is 21.1 Å². The molecule has 0 amide bonds. The van der Waals surface area contributed by atoms with Crippen molar-refractivity contribution in [2.24, 2.45) is 0 Å². The van der Waals surface area contributed by atoms with Crippen molar-refractivity contribution >= 4 is 50.0 Å². The Balaban J connectivity index is 1.63. The molecule has 32 heavy (non-hydrogen) atoms. The highest BCUT2D eigenvalue weighted by Crippen LogP contribution is 2.38. The average molecular weight is 505 g/mol. The zero-order chi connectivity index (χ0) is 22.5. The van der Waals surface area contributed by atoms with Gasteiger partial charge in [-0.05, 0) is 79.8 Å². The molecule has 0 saturated heterocycles. The molecule has 5 heteroatoms. The molecule has 0 saturated carbocycles. The van der Waals surface area contributed by atoms with Gasteiger partial charge in [0.15, 0.2) is 11.5 Å². The van der Waals surface area contributed by atoms with E-state index in [1.165, 1.54) is 0 Å². The fourth-order valence-corrected chi connectivity index (χ4v) is 4.10. The van der Waals surface area contributed by atoms with Gasteiger partial charge in [-0.3, -0.25) is 0 Å². The molecule has 0 bridgehead atoms. The van der Waals surface area contributed by atoms with Gasteiger partial charge in [0.25, 0.3) is 0 Å². The number of allylic oxidation sites excluding steroid dienone is 1. The van der Waals surface area contributed by atoms with Crippen LogP contribution in [0.3, 0.4) is 0 Å². The molecule has 4 aromatic rings. The summed E-state index contributed by atoms with van der Waals surface area (Å²) >= 11 is 9.54. The van der Waals surface area contributed by atoms with Gasteiger partial charge in [0.2, 0.25) is 0 Å². The SMILES string of the molecule is COc1cc(/C=C(/C#N)c2ccc3ccccc3c2)cc(Br)c1OCc1ccc(Cl)cc1. The van der Waals surface area contributed by atoms with Crippen LogP contribution in [0, 0.1) is 11.3 Å². The van der Waals surface area contributed by atoms with Gasteiger partial charge in [0.1, 0.15) is 6.61 Å². The van der Waals surface area contributed by atoms with E-state index < -0.39 is 0 Å². The predicted octanol–water partition coefficient (Wildman–Crippen LogP) is 7.91. The van der Waals surface area contributed by atoms with Gasteiger partial charge >= 0.3 is 0 Å². The summed E-state index contributed by atoms with van der Waals surface area (Å²) < 4.78 is 12.3. The Labute approximate surface area is 200 Å². The second-order valence-corrected chi connectivity index (χ2v) is 8.47. The van der Waals surface area contributed by atoms with Crippen LogP contribution < -0.4 is 9.47 Å². The molecule has 0 N–H and O–H groups in total. The molecule has 0 aliphatic rings. The summed E-state index contributed by atoms with van der Waals surface area (Å²) in [7, 11) is 1.60. The lowest BCUT2D eigenvalue weighted by atomic mass is 10.00. The molecule has 0 unspecified atom stereocenters. The highest BCUT2D eigenvalue weighted by molar-refractivity contribution is 9.10. The Kier molecular flexibility index (Phi) is 6.80. The first-order valence-electron chi connectivity index (χ1n) is 9.93. The fraction of sp³-hybridized carbons (Fsp3) is 0.0741. The second-order valence-electron chi connectivity index (χ2n) is 7.18. The van der Waals surface area contributed by atoms with Gasteiger partial charge in [0, 0.05) is 5.02 Å². The van der Waals surface area contributed by atoms with Crippen LogP contribution in [0.1, 0.15) is 16.7 Å². The quantitative estimate of drug-likeness (QED) is 0.198. The van der Waals surface area contributed by atoms with E-state index in [0.29, 0.717) is 28.7 Å². The van der Waals surface area contributed by atoms with Crippen molar-refractivity contribution in [1.29, 1.82) is 5.26 Å². The van der Waals surface area contributed by atoms with Crippen LogP contribution in [-0.4, -0.2) is 7.11 Å². The molecule has 4 rings (SSSR count). The number of benzene rings is 4. The van der Waals surface area contributed by atoms with Crippen LogP contribution in [0.5, 0.6) is 11.5 Å². The average Bonchev–Trinajstić information content (AvgIpc) is 2.82. The molecular weight excluding hydrogens is 486 g/mol. The number of methoxy groups -OCH3 is 1. The molecule has 0 heterocycles. The van der Waals surface area contributed by atoms with Crippen LogP contribution in [0.15, 0.2) is 83.3 Å². The van der Waals surface area contributed by atoms with Crippen LogP contribution in [-0.2, 0) is 6.61 Å². The van der Waals surface area contributed by atoms with E-state index in [1.807, 2.05) is 78.9 Å². The molecule has 158 valence electrons. The first kappa shape index (κ1) is 22.0. The molecule has 0 fully saturated rings. The maximum absolute atomic E-state index is 9.80. The smallest absolute Gasteiger partial charge is 0.175 e. The van der Waals surface area contributed by atoms with E-state index in [2.05, 4.69) is 28.1 Å². The molecule has 0 aromatic heterocycles. The van der Waals surface area contributed by atoms with E-state index >= 15 is 0 Å². The van der Waals surface area contributed by atoms with E-state index in [0.717, 1.165) is 31.9 Å². The van der Waals surface area contributed by atoms with Crippen molar-refractivity contribution < 1.29 is 9.47 Å². The van der Waals surface area contributed by atoms with Gasteiger partial charge < -0.3 is 9.47 Å². The number of nitrogens with zero attached hydrogens (tertiary/aromatic N) is 1. The monoisotopic (exact) mass is 503 g/mol. The van der Waals surface area contributed by atoms with E-state index in [1.54, 1.807) is 7.11 Å². The van der Waals surface area contributed by atoms with Crippen molar-refractivity contribution in [3.8, 4) is 17.6 Å². The molecule has 0 radical (unpaired) electrons. The van der Waals surface area contributed by atoms with Crippen molar-refractivity contribution in [1.82, 2.24) is 0 Å². The Morgan fingerprint density at radius 2 is 1.75 bits per heavy atom. The molecular formula is C27H19BrClNO2. The van der Waals surface area contributed by atoms with Crippen LogP contribution >= 0.6 is 27.5 Å². The highest BCUT2D eigenvalue weighted by Gasteiger charge is 2.13. The van der Waals surface area contributed by atoms with Crippen LogP contribution in [0.25, 0.3) is 22.4 Å². The van der Waals surface area contributed by atoms with Crippen molar-refractivity contribution in [2.45, 2.75) is 6.61 Å². The maximum Gasteiger partial charge on any atom is 0.175 e. The summed E-state index contributed by atoms with van der Waals surface area (Å²) in [6.45, 7) is 0.377. The lowest BCUT2D eigenvalue weighted by Gasteiger charge is -2.14. The Bertz CT molecular complexity index is 1340. The Morgan fingerprint density at radius 1 is 1.00 bits per heavy atom. The first-order chi connectivity index (χ1) is 15.6. The van der Waals surface area contributed by atoms with Crippen molar-refractivity contribution in [3.63, 3.8) is 0 Å². The predicted molar refractivity (Wildman–Crippen MR) is 134 cm³/mol. The van der Waals surface area contributed by atoms with Gasteiger partial charge in [0.05, 0.1) is 23.2 Å². The maximum atomic E-state index is 9.80. The lowest BCUT2D eigenvalue weighted by molar-refractivity contribution is 0.282. The van der Waals surface area contributed by atoms with E-state index in [9.17, 15) is 5.26 Å². The third-order valence-electron chi connectivity index (χ3n) is 5.04. The number of rotatable bonds is 6. The molecule has 0 atom stereocenters. The molecule has 0 aliphatic carbocycles. The topological polar surface area (TPSA) is 42.2 Å². The minimum absolute atomic E-state index is 0.377. The highest BCUT2D eigenvalue weighted by atomic mass is 79.9. The summed E-state index contributed by atoms with van der Waals surface area (Å²) in [5.74, 6) is 1.18. The normalized spacial score (nSPS) is 11.2. The third kappa shape index (κ3) is 4.96. The summed E-state index contributed by atoms with van der Waals surface area (Å²) in [5.41, 5.74) is 3.26. The largest absolute Gasteiger partial charge is 0.493 e. The fourth-order valence-electron chi connectivity index (χ4n) is 3.40. The third-order valence-corrected chi connectivity index (χ3v) is 5.88. The number of hydrogen-bond donors (Lipinski definition) is 0. The zero-order valence-corrected chi connectivity index (χ0v) is 19.7. The minimum Gasteiger partial charge on any atom is -0.493 e. The Hall–Kier alpha value is -3.26. The number of hydrogen-bond acceptors (Lipinski definition) is 3. The standard InChI is InChI=1S/C27H19BrClNO2/c1-31-26-14-19(13-25(28)27(26)32-17-18-6-10-24(29)11-7-18)12-23(16-30)22-9-8-20-4-2-3-5-21(20)15-22/h2-15H,17H2,1H3/b23-12-. The summed E-state index contributed by atoms with van der Waals surface area (Å²) in [5, 5.41) is 12.7. The van der Waals surface area contributed by atoms with Gasteiger partial charge in [-0.15, -0.1) is 0 Å². The molecule has 4 aromatic carbocycles. The van der Waals surface area contributed by atoms with E-state index in [-0.39, 0.29) is 0 Å². The molecule has 0 spiro atoms. The zero-order valence-electron chi connectivity index (χ0n) is 17.3. The lowest BCUT2D eigenvalue weighted by Crippen LogP contribution is -1.99. The van der Waals surface area contributed by atoms with Crippen LogP contribution in [0.2, 0.25) is 5.02 Å². The minimum atomic E-state index is 0.377. The molecule has 3 nitrogen and oxygen atoms in total. The Morgan fingerprint density at radius 3 is 2.47 bits per heavy atom. The summed E-state index contributed by atoms with van der Waals surface area (Å²) in [4.78, 5) is 0.